The minimum Gasteiger partial charge on any atom is -0.295 e. The fourth-order valence-corrected chi connectivity index (χ4v) is 1.14. The van der Waals surface area contributed by atoms with Crippen LogP contribution in [0.3, 0.4) is 0 Å². The van der Waals surface area contributed by atoms with Gasteiger partial charge < -0.3 is 0 Å². The van der Waals surface area contributed by atoms with Crippen molar-refractivity contribution in [1.29, 1.82) is 0 Å². The number of rotatable bonds is 4. The van der Waals surface area contributed by atoms with E-state index in [-0.39, 0.29) is 11.6 Å². The maximum atomic E-state index is 11.0. The van der Waals surface area contributed by atoms with E-state index in [2.05, 4.69) is 0 Å². The van der Waals surface area contributed by atoms with E-state index in [0.29, 0.717) is 12.0 Å². The van der Waals surface area contributed by atoms with Gasteiger partial charge in [0.1, 0.15) is 0 Å². The van der Waals surface area contributed by atoms with Crippen molar-refractivity contribution in [2.24, 2.45) is 0 Å². The van der Waals surface area contributed by atoms with Crippen molar-refractivity contribution in [3.05, 3.63) is 41.5 Å². The Morgan fingerprint density at radius 1 is 1.20 bits per heavy atom. The fraction of sp³-hybridized carbons (Fsp3) is 0.231. The van der Waals surface area contributed by atoms with Crippen molar-refractivity contribution in [3.63, 3.8) is 0 Å². The van der Waals surface area contributed by atoms with Crippen LogP contribution in [0.2, 0.25) is 0 Å². The standard InChI is InChI=1S/C13H14O2/c1-3-13(15)9-6-11-4-7-12(8-5-11)10(2)14/h4-9H,3H2,1-2H3. The predicted octanol–water partition coefficient (Wildman–Crippen LogP) is 2.88. The van der Waals surface area contributed by atoms with Crippen molar-refractivity contribution < 1.29 is 9.59 Å². The molecule has 0 atom stereocenters. The highest BCUT2D eigenvalue weighted by molar-refractivity contribution is 5.95. The molecule has 0 bridgehead atoms. The highest BCUT2D eigenvalue weighted by atomic mass is 16.1. The van der Waals surface area contributed by atoms with Gasteiger partial charge in [-0.2, -0.15) is 0 Å². The lowest BCUT2D eigenvalue weighted by atomic mass is 10.1. The van der Waals surface area contributed by atoms with Gasteiger partial charge in [-0.1, -0.05) is 37.3 Å². The van der Waals surface area contributed by atoms with Gasteiger partial charge in [0.05, 0.1) is 0 Å². The zero-order valence-corrected chi connectivity index (χ0v) is 8.99. The summed E-state index contributed by atoms with van der Waals surface area (Å²) in [4.78, 5) is 22.0. The minimum atomic E-state index is 0.0511. The number of allylic oxidation sites excluding steroid dienone is 1. The fourth-order valence-electron chi connectivity index (χ4n) is 1.14. The average Bonchev–Trinajstić information content (AvgIpc) is 2.26. The highest BCUT2D eigenvalue weighted by Crippen LogP contribution is 2.07. The molecule has 0 N–H and O–H groups in total. The second kappa shape index (κ2) is 5.25. The number of hydrogen-bond acceptors (Lipinski definition) is 2. The van der Waals surface area contributed by atoms with Crippen LogP contribution in [0, 0.1) is 0 Å². The lowest BCUT2D eigenvalue weighted by Crippen LogP contribution is -1.91. The Morgan fingerprint density at radius 3 is 2.27 bits per heavy atom. The van der Waals surface area contributed by atoms with E-state index in [1.54, 1.807) is 24.3 Å². The van der Waals surface area contributed by atoms with E-state index in [1.165, 1.54) is 6.92 Å². The summed E-state index contributed by atoms with van der Waals surface area (Å²) in [7, 11) is 0. The van der Waals surface area contributed by atoms with E-state index in [1.807, 2.05) is 19.1 Å². The van der Waals surface area contributed by atoms with Gasteiger partial charge in [-0.15, -0.1) is 0 Å². The first-order valence-corrected chi connectivity index (χ1v) is 4.95. The minimum absolute atomic E-state index is 0.0511. The second-order valence-corrected chi connectivity index (χ2v) is 3.33. The van der Waals surface area contributed by atoms with E-state index in [0.717, 1.165) is 5.56 Å². The molecule has 2 heteroatoms. The van der Waals surface area contributed by atoms with E-state index in [4.69, 9.17) is 0 Å². The molecule has 1 aromatic carbocycles. The van der Waals surface area contributed by atoms with Gasteiger partial charge in [-0.25, -0.2) is 0 Å². The molecule has 0 saturated heterocycles. The molecule has 1 rings (SSSR count). The molecule has 0 spiro atoms. The van der Waals surface area contributed by atoms with Gasteiger partial charge in [0.25, 0.3) is 0 Å². The molecule has 0 amide bonds. The molecule has 0 saturated carbocycles. The smallest absolute Gasteiger partial charge is 0.159 e. The zero-order valence-electron chi connectivity index (χ0n) is 8.99. The predicted molar refractivity (Wildman–Crippen MR) is 60.8 cm³/mol. The van der Waals surface area contributed by atoms with E-state index >= 15 is 0 Å². The van der Waals surface area contributed by atoms with Gasteiger partial charge in [-0.3, -0.25) is 9.59 Å². The average molecular weight is 202 g/mol. The van der Waals surface area contributed by atoms with Crippen LogP contribution >= 0.6 is 0 Å². The van der Waals surface area contributed by atoms with Crippen LogP contribution in [-0.2, 0) is 4.79 Å². The number of ketones is 2. The van der Waals surface area contributed by atoms with Crippen molar-refractivity contribution in [1.82, 2.24) is 0 Å². The summed E-state index contributed by atoms with van der Waals surface area (Å²) in [5.41, 5.74) is 1.62. The summed E-state index contributed by atoms with van der Waals surface area (Å²) in [5.74, 6) is 0.154. The maximum Gasteiger partial charge on any atom is 0.159 e. The summed E-state index contributed by atoms with van der Waals surface area (Å²) in [6.45, 7) is 3.36. The molecule has 15 heavy (non-hydrogen) atoms. The summed E-state index contributed by atoms with van der Waals surface area (Å²) >= 11 is 0. The SMILES string of the molecule is CCC(=O)C=Cc1ccc(C(C)=O)cc1. The van der Waals surface area contributed by atoms with Crippen LogP contribution < -0.4 is 0 Å². The highest BCUT2D eigenvalue weighted by Gasteiger charge is 1.97. The normalized spacial score (nSPS) is 10.5. The third kappa shape index (κ3) is 3.50. The molecule has 0 unspecified atom stereocenters. The summed E-state index contributed by atoms with van der Waals surface area (Å²) in [6.07, 6.45) is 3.83. The molecule has 0 aliphatic heterocycles. The maximum absolute atomic E-state index is 11.0. The molecular formula is C13H14O2. The molecule has 0 aliphatic carbocycles. The van der Waals surface area contributed by atoms with Gasteiger partial charge in [0.2, 0.25) is 0 Å². The largest absolute Gasteiger partial charge is 0.295 e. The third-order valence-corrected chi connectivity index (χ3v) is 2.13. The number of hydrogen-bond donors (Lipinski definition) is 0. The molecule has 0 aliphatic rings. The van der Waals surface area contributed by atoms with Crippen LogP contribution in [-0.4, -0.2) is 11.6 Å². The van der Waals surface area contributed by atoms with Crippen molar-refractivity contribution in [2.45, 2.75) is 20.3 Å². The summed E-state index contributed by atoms with van der Waals surface area (Å²) in [5, 5.41) is 0. The Kier molecular flexibility index (Phi) is 3.98. The van der Waals surface area contributed by atoms with Crippen LogP contribution in [0.1, 0.15) is 36.2 Å². The van der Waals surface area contributed by atoms with E-state index < -0.39 is 0 Å². The molecule has 0 heterocycles. The quantitative estimate of drug-likeness (QED) is 0.555. The van der Waals surface area contributed by atoms with Crippen LogP contribution in [0.4, 0.5) is 0 Å². The first-order valence-electron chi connectivity index (χ1n) is 4.95. The molecule has 78 valence electrons. The Morgan fingerprint density at radius 2 is 1.80 bits per heavy atom. The lowest BCUT2D eigenvalue weighted by Gasteiger charge is -1.96. The molecule has 0 aromatic heterocycles. The van der Waals surface area contributed by atoms with Gasteiger partial charge in [-0.05, 0) is 18.6 Å². The van der Waals surface area contributed by atoms with Crippen molar-refractivity contribution in [3.8, 4) is 0 Å². The Hall–Kier alpha value is -1.70. The van der Waals surface area contributed by atoms with Gasteiger partial charge >= 0.3 is 0 Å². The zero-order chi connectivity index (χ0) is 11.3. The van der Waals surface area contributed by atoms with Crippen LogP contribution in [0.25, 0.3) is 6.08 Å². The number of benzene rings is 1. The van der Waals surface area contributed by atoms with E-state index in [9.17, 15) is 9.59 Å². The number of Topliss-reactive ketones (excluding diaryl/α,β-unsaturated/α-hetero) is 1. The number of carbonyl (C=O) groups is 2. The van der Waals surface area contributed by atoms with Crippen LogP contribution in [0.15, 0.2) is 30.3 Å². The Labute approximate surface area is 89.6 Å². The number of carbonyl (C=O) groups excluding carboxylic acids is 2. The first kappa shape index (κ1) is 11.4. The molecule has 1 aromatic rings. The molecule has 0 radical (unpaired) electrons. The van der Waals surface area contributed by atoms with Crippen LogP contribution in [0.5, 0.6) is 0 Å². The summed E-state index contributed by atoms with van der Waals surface area (Å²) in [6, 6.07) is 7.18. The van der Waals surface area contributed by atoms with Gasteiger partial charge in [0.15, 0.2) is 11.6 Å². The van der Waals surface area contributed by atoms with Gasteiger partial charge in [0, 0.05) is 12.0 Å². The Balaban J connectivity index is 2.77. The molecular weight excluding hydrogens is 188 g/mol. The summed E-state index contributed by atoms with van der Waals surface area (Å²) < 4.78 is 0. The monoisotopic (exact) mass is 202 g/mol. The lowest BCUT2D eigenvalue weighted by molar-refractivity contribution is -0.114. The molecule has 0 fully saturated rings. The molecule has 2 nitrogen and oxygen atoms in total. The Bertz CT molecular complexity index is 386. The van der Waals surface area contributed by atoms with Crippen molar-refractivity contribution >= 4 is 17.6 Å². The first-order chi connectivity index (χ1) is 7.13. The van der Waals surface area contributed by atoms with Crippen molar-refractivity contribution in [2.75, 3.05) is 0 Å². The third-order valence-electron chi connectivity index (χ3n) is 2.13. The topological polar surface area (TPSA) is 34.1 Å². The second-order valence-electron chi connectivity index (χ2n) is 3.33.